The molecule has 2 N–H and O–H groups in total. The Morgan fingerprint density at radius 1 is 1.38 bits per heavy atom. The molecule has 1 heterocycles. The number of aliphatic imine (C=N–C) groups is 1. The van der Waals surface area contributed by atoms with E-state index in [9.17, 15) is 0 Å². The summed E-state index contributed by atoms with van der Waals surface area (Å²) in [4.78, 5) is 8.63. The minimum absolute atomic E-state index is 0.0101. The van der Waals surface area contributed by atoms with Crippen LogP contribution in [0.2, 0.25) is 0 Å². The summed E-state index contributed by atoms with van der Waals surface area (Å²) in [6.07, 6.45) is 5.55. The lowest BCUT2D eigenvalue weighted by Crippen LogP contribution is -2.39. The van der Waals surface area contributed by atoms with Gasteiger partial charge in [0.2, 0.25) is 0 Å². The molecule has 0 saturated heterocycles. The van der Waals surface area contributed by atoms with Gasteiger partial charge in [-0.2, -0.15) is 0 Å². The Morgan fingerprint density at radius 2 is 2.25 bits per heavy atom. The summed E-state index contributed by atoms with van der Waals surface area (Å²) < 4.78 is 7.94. The zero-order valence-electron chi connectivity index (χ0n) is 14.7. The number of aromatic nitrogens is 2. The molecule has 0 fully saturated rings. The van der Waals surface area contributed by atoms with Crippen LogP contribution in [-0.4, -0.2) is 41.2 Å². The molecule has 6 nitrogen and oxygen atoms in total. The maximum absolute atomic E-state index is 5.91. The molecule has 6 heteroatoms. The number of imidazole rings is 1. The highest BCUT2D eigenvalue weighted by atomic mass is 16.5. The quantitative estimate of drug-likeness (QED) is 0.576. The summed E-state index contributed by atoms with van der Waals surface area (Å²) in [5.74, 6) is 1.69. The second kappa shape index (κ2) is 9.60. The second-order valence-electron chi connectivity index (χ2n) is 5.69. The Labute approximate surface area is 144 Å². The number of nitrogens with zero attached hydrogens (tertiary/aromatic N) is 3. The molecule has 1 atom stereocenters. The second-order valence-corrected chi connectivity index (χ2v) is 5.69. The van der Waals surface area contributed by atoms with Gasteiger partial charge in [0.15, 0.2) is 5.96 Å². The van der Waals surface area contributed by atoms with Gasteiger partial charge in [0.05, 0.1) is 12.9 Å². The van der Waals surface area contributed by atoms with E-state index in [1.807, 2.05) is 42.2 Å². The van der Waals surface area contributed by atoms with Crippen molar-refractivity contribution in [1.82, 2.24) is 20.2 Å². The maximum atomic E-state index is 5.91. The highest BCUT2D eigenvalue weighted by Gasteiger charge is 2.05. The zero-order chi connectivity index (χ0) is 17.2. The van der Waals surface area contributed by atoms with Crippen molar-refractivity contribution in [2.45, 2.75) is 33.4 Å². The SMILES string of the molecule is CCNC(=NCC(C)Oc1cccc(C)c1)NCCn1ccnc1. The van der Waals surface area contributed by atoms with Crippen LogP contribution in [0.3, 0.4) is 0 Å². The summed E-state index contributed by atoms with van der Waals surface area (Å²) in [7, 11) is 0. The summed E-state index contributed by atoms with van der Waals surface area (Å²) in [6, 6.07) is 8.07. The van der Waals surface area contributed by atoms with E-state index in [0.717, 1.165) is 31.3 Å². The molecule has 0 aliphatic carbocycles. The number of rotatable bonds is 8. The number of hydrogen-bond acceptors (Lipinski definition) is 3. The van der Waals surface area contributed by atoms with Crippen LogP contribution in [0.4, 0.5) is 0 Å². The van der Waals surface area contributed by atoms with Gasteiger partial charge >= 0.3 is 0 Å². The lowest BCUT2D eigenvalue weighted by atomic mass is 10.2. The predicted octanol–water partition coefficient (Wildman–Crippen LogP) is 2.21. The van der Waals surface area contributed by atoms with E-state index in [2.05, 4.69) is 40.5 Å². The van der Waals surface area contributed by atoms with Crippen LogP contribution in [0.25, 0.3) is 0 Å². The van der Waals surface area contributed by atoms with Crippen molar-refractivity contribution in [3.05, 3.63) is 48.5 Å². The lowest BCUT2D eigenvalue weighted by Gasteiger charge is -2.15. The van der Waals surface area contributed by atoms with Crippen molar-refractivity contribution in [2.75, 3.05) is 19.6 Å². The fourth-order valence-corrected chi connectivity index (χ4v) is 2.24. The van der Waals surface area contributed by atoms with Crippen molar-refractivity contribution < 1.29 is 4.74 Å². The Kier molecular flexibility index (Phi) is 7.14. The van der Waals surface area contributed by atoms with Gasteiger partial charge in [-0.1, -0.05) is 12.1 Å². The van der Waals surface area contributed by atoms with Gasteiger partial charge in [-0.25, -0.2) is 9.98 Å². The van der Waals surface area contributed by atoms with E-state index in [4.69, 9.17) is 4.74 Å². The minimum Gasteiger partial charge on any atom is -0.489 e. The predicted molar refractivity (Wildman–Crippen MR) is 97.5 cm³/mol. The molecule has 0 amide bonds. The third-order valence-corrected chi connectivity index (χ3v) is 3.40. The first-order chi connectivity index (χ1) is 11.7. The Hall–Kier alpha value is -2.50. The molecule has 1 aromatic carbocycles. The number of ether oxygens (including phenoxy) is 1. The average molecular weight is 329 g/mol. The van der Waals surface area contributed by atoms with Gasteiger partial charge in [-0.3, -0.25) is 0 Å². The topological polar surface area (TPSA) is 63.5 Å². The first-order valence-electron chi connectivity index (χ1n) is 8.38. The fraction of sp³-hybridized carbons (Fsp3) is 0.444. The van der Waals surface area contributed by atoms with Gasteiger partial charge in [0.1, 0.15) is 11.9 Å². The van der Waals surface area contributed by atoms with Crippen LogP contribution >= 0.6 is 0 Å². The molecule has 0 saturated carbocycles. The van der Waals surface area contributed by atoms with Crippen LogP contribution in [0, 0.1) is 6.92 Å². The highest BCUT2D eigenvalue weighted by Crippen LogP contribution is 2.14. The molecule has 1 unspecified atom stereocenters. The molecule has 1 aromatic heterocycles. The van der Waals surface area contributed by atoms with E-state index in [1.165, 1.54) is 5.56 Å². The molecule has 0 bridgehead atoms. The normalized spacial score (nSPS) is 12.7. The molecular formula is C18H27N5O. The first kappa shape index (κ1) is 17.8. The number of guanidine groups is 1. The van der Waals surface area contributed by atoms with E-state index in [1.54, 1.807) is 6.20 Å². The zero-order valence-corrected chi connectivity index (χ0v) is 14.7. The summed E-state index contributed by atoms with van der Waals surface area (Å²) >= 11 is 0. The lowest BCUT2D eigenvalue weighted by molar-refractivity contribution is 0.230. The van der Waals surface area contributed by atoms with Crippen molar-refractivity contribution >= 4 is 5.96 Å². The number of nitrogens with one attached hydrogen (secondary N) is 2. The molecule has 0 aliphatic heterocycles. The summed E-state index contributed by atoms with van der Waals surface area (Å²) in [6.45, 7) is 9.19. The van der Waals surface area contributed by atoms with E-state index in [0.29, 0.717) is 6.54 Å². The van der Waals surface area contributed by atoms with E-state index in [-0.39, 0.29) is 6.10 Å². The van der Waals surface area contributed by atoms with Gasteiger partial charge in [-0.05, 0) is 38.5 Å². The molecule has 0 aliphatic rings. The molecule has 0 spiro atoms. The summed E-state index contributed by atoms with van der Waals surface area (Å²) in [5, 5.41) is 6.57. The van der Waals surface area contributed by atoms with Crippen LogP contribution < -0.4 is 15.4 Å². The van der Waals surface area contributed by atoms with Gasteiger partial charge in [0, 0.05) is 32.0 Å². The number of aryl methyl sites for hydroxylation is 1. The molecule has 130 valence electrons. The Balaban J connectivity index is 1.80. The minimum atomic E-state index is 0.0101. The Bertz CT molecular complexity index is 624. The number of hydrogen-bond donors (Lipinski definition) is 2. The van der Waals surface area contributed by atoms with Crippen molar-refractivity contribution in [3.8, 4) is 5.75 Å². The molecule has 2 rings (SSSR count). The molecule has 2 aromatic rings. The van der Waals surface area contributed by atoms with Crippen LogP contribution in [0.5, 0.6) is 5.75 Å². The third kappa shape index (κ3) is 6.32. The maximum Gasteiger partial charge on any atom is 0.191 e. The first-order valence-corrected chi connectivity index (χ1v) is 8.38. The summed E-state index contributed by atoms with van der Waals surface area (Å²) in [5.41, 5.74) is 1.19. The molecule has 0 radical (unpaired) electrons. The van der Waals surface area contributed by atoms with Crippen LogP contribution in [-0.2, 0) is 6.54 Å². The smallest absolute Gasteiger partial charge is 0.191 e. The van der Waals surface area contributed by atoms with Gasteiger partial charge in [-0.15, -0.1) is 0 Å². The Morgan fingerprint density at radius 3 is 2.96 bits per heavy atom. The van der Waals surface area contributed by atoms with Crippen molar-refractivity contribution in [1.29, 1.82) is 0 Å². The van der Waals surface area contributed by atoms with E-state index < -0.39 is 0 Å². The largest absolute Gasteiger partial charge is 0.489 e. The van der Waals surface area contributed by atoms with Crippen molar-refractivity contribution in [3.63, 3.8) is 0 Å². The average Bonchev–Trinajstić information content (AvgIpc) is 3.06. The van der Waals surface area contributed by atoms with Gasteiger partial charge in [0.25, 0.3) is 0 Å². The third-order valence-electron chi connectivity index (χ3n) is 3.40. The van der Waals surface area contributed by atoms with Gasteiger partial charge < -0.3 is 19.9 Å². The fourth-order valence-electron chi connectivity index (χ4n) is 2.24. The molecule has 24 heavy (non-hydrogen) atoms. The molecular weight excluding hydrogens is 302 g/mol. The van der Waals surface area contributed by atoms with Crippen LogP contribution in [0.1, 0.15) is 19.4 Å². The number of benzene rings is 1. The monoisotopic (exact) mass is 329 g/mol. The van der Waals surface area contributed by atoms with E-state index >= 15 is 0 Å². The highest BCUT2D eigenvalue weighted by molar-refractivity contribution is 5.79. The van der Waals surface area contributed by atoms with Crippen LogP contribution in [0.15, 0.2) is 48.0 Å². The standard InChI is InChI=1S/C18H27N5O/c1-4-20-18(21-9-11-23-10-8-19-14-23)22-13-16(3)24-17-7-5-6-15(2)12-17/h5-8,10,12,14,16H,4,9,11,13H2,1-3H3,(H2,20,21,22). The van der Waals surface area contributed by atoms with Crippen molar-refractivity contribution in [2.24, 2.45) is 4.99 Å².